The topological polar surface area (TPSA) is 57.9 Å². The van der Waals surface area contributed by atoms with Gasteiger partial charge in [0.1, 0.15) is 5.65 Å². The lowest BCUT2D eigenvalue weighted by Gasteiger charge is -2.30. The molecule has 96 valence electrons. The van der Waals surface area contributed by atoms with Gasteiger partial charge < -0.3 is 10.7 Å². The zero-order valence-corrected chi connectivity index (χ0v) is 10.6. The third-order valence-electron chi connectivity index (χ3n) is 3.89. The van der Waals surface area contributed by atoms with E-state index in [4.69, 9.17) is 5.73 Å². The Morgan fingerprint density at radius 2 is 2.11 bits per heavy atom. The fourth-order valence-corrected chi connectivity index (χ4v) is 2.67. The Kier molecular flexibility index (Phi) is 3.30. The third-order valence-corrected chi connectivity index (χ3v) is 3.89. The number of pyridine rings is 1. The summed E-state index contributed by atoms with van der Waals surface area (Å²) in [6.45, 7) is 4.07. The highest BCUT2D eigenvalue weighted by Crippen LogP contribution is 2.18. The van der Waals surface area contributed by atoms with Gasteiger partial charge in [-0.05, 0) is 56.6 Å². The van der Waals surface area contributed by atoms with E-state index in [1.165, 1.54) is 18.2 Å². The molecule has 2 aromatic rings. The molecule has 0 bridgehead atoms. The van der Waals surface area contributed by atoms with Gasteiger partial charge in [0.2, 0.25) is 0 Å². The molecule has 3 rings (SSSR count). The van der Waals surface area contributed by atoms with Crippen molar-refractivity contribution in [3.8, 4) is 0 Å². The van der Waals surface area contributed by atoms with Crippen LogP contribution in [-0.2, 0) is 6.54 Å². The molecular weight excluding hydrogens is 224 g/mol. The van der Waals surface area contributed by atoms with Crippen LogP contribution in [-0.4, -0.2) is 34.5 Å². The lowest BCUT2D eigenvalue weighted by atomic mass is 9.97. The fraction of sp³-hybridized carbons (Fsp3) is 0.500. The second kappa shape index (κ2) is 5.08. The monoisotopic (exact) mass is 244 g/mol. The minimum absolute atomic E-state index is 0.722. The molecule has 0 radical (unpaired) electrons. The van der Waals surface area contributed by atoms with E-state index in [-0.39, 0.29) is 0 Å². The van der Waals surface area contributed by atoms with Crippen LogP contribution >= 0.6 is 0 Å². The number of hydrogen-bond acceptors (Lipinski definition) is 3. The van der Waals surface area contributed by atoms with Crippen LogP contribution in [0.25, 0.3) is 11.0 Å². The Morgan fingerprint density at radius 1 is 1.28 bits per heavy atom. The first kappa shape index (κ1) is 11.7. The summed E-state index contributed by atoms with van der Waals surface area (Å²) in [5.74, 6) is 0.722. The van der Waals surface area contributed by atoms with E-state index >= 15 is 0 Å². The number of likely N-dealkylation sites (tertiary alicyclic amines) is 1. The van der Waals surface area contributed by atoms with Crippen LogP contribution in [0.4, 0.5) is 0 Å². The molecular formula is C14H20N4. The molecule has 1 aliphatic heterocycles. The highest BCUT2D eigenvalue weighted by atomic mass is 15.1. The quantitative estimate of drug-likeness (QED) is 0.864. The molecule has 0 atom stereocenters. The van der Waals surface area contributed by atoms with Gasteiger partial charge in [0.05, 0.1) is 5.69 Å². The highest BCUT2D eigenvalue weighted by molar-refractivity contribution is 5.75. The lowest BCUT2D eigenvalue weighted by molar-refractivity contribution is 0.179. The normalized spacial score (nSPS) is 18.5. The Morgan fingerprint density at radius 3 is 2.89 bits per heavy atom. The van der Waals surface area contributed by atoms with Crippen LogP contribution < -0.4 is 5.73 Å². The van der Waals surface area contributed by atoms with Gasteiger partial charge in [0.25, 0.3) is 0 Å². The summed E-state index contributed by atoms with van der Waals surface area (Å²) >= 11 is 0. The van der Waals surface area contributed by atoms with Gasteiger partial charge >= 0.3 is 0 Å². The van der Waals surface area contributed by atoms with Gasteiger partial charge in [-0.1, -0.05) is 0 Å². The Labute approximate surface area is 107 Å². The second-order valence-electron chi connectivity index (χ2n) is 5.17. The Bertz CT molecular complexity index is 511. The molecule has 0 aliphatic carbocycles. The molecule has 0 spiro atoms. The van der Waals surface area contributed by atoms with E-state index in [0.717, 1.165) is 43.4 Å². The smallest absolute Gasteiger partial charge is 0.137 e. The predicted octanol–water partition coefficient (Wildman–Crippen LogP) is 1.73. The first-order chi connectivity index (χ1) is 8.85. The summed E-state index contributed by atoms with van der Waals surface area (Å²) in [6.07, 6.45) is 4.39. The molecule has 2 aromatic heterocycles. The zero-order valence-electron chi connectivity index (χ0n) is 10.6. The van der Waals surface area contributed by atoms with Crippen molar-refractivity contribution in [2.75, 3.05) is 19.6 Å². The van der Waals surface area contributed by atoms with Gasteiger partial charge in [0, 0.05) is 18.1 Å². The van der Waals surface area contributed by atoms with Crippen LogP contribution in [0.15, 0.2) is 24.4 Å². The molecule has 0 aromatic carbocycles. The van der Waals surface area contributed by atoms with Crippen molar-refractivity contribution in [2.45, 2.75) is 19.4 Å². The van der Waals surface area contributed by atoms with Gasteiger partial charge in [-0.15, -0.1) is 0 Å². The molecule has 0 amide bonds. The van der Waals surface area contributed by atoms with Crippen molar-refractivity contribution in [1.29, 1.82) is 0 Å². The highest BCUT2D eigenvalue weighted by Gasteiger charge is 2.18. The standard InChI is InChI=1S/C14H20N4/c15-9-11-4-7-18(8-5-11)10-13-2-1-12-3-6-16-14(12)17-13/h1-3,6,11H,4-5,7-10,15H2,(H,16,17). The molecule has 0 unspecified atom stereocenters. The van der Waals surface area contributed by atoms with Crippen molar-refractivity contribution in [1.82, 2.24) is 14.9 Å². The van der Waals surface area contributed by atoms with E-state index in [0.29, 0.717) is 0 Å². The zero-order chi connectivity index (χ0) is 12.4. The van der Waals surface area contributed by atoms with Gasteiger partial charge in [0.15, 0.2) is 0 Å². The van der Waals surface area contributed by atoms with E-state index in [1.54, 1.807) is 0 Å². The van der Waals surface area contributed by atoms with Crippen molar-refractivity contribution in [3.63, 3.8) is 0 Å². The van der Waals surface area contributed by atoms with E-state index < -0.39 is 0 Å². The number of fused-ring (bicyclic) bond motifs is 1. The summed E-state index contributed by atoms with van der Waals surface area (Å²) in [4.78, 5) is 10.3. The van der Waals surface area contributed by atoms with Gasteiger partial charge in [-0.25, -0.2) is 4.98 Å². The second-order valence-corrected chi connectivity index (χ2v) is 5.17. The number of nitrogens with zero attached hydrogens (tertiary/aromatic N) is 2. The maximum Gasteiger partial charge on any atom is 0.137 e. The largest absolute Gasteiger partial charge is 0.346 e. The maximum absolute atomic E-state index is 5.72. The molecule has 3 heterocycles. The third kappa shape index (κ3) is 2.40. The number of aromatic nitrogens is 2. The summed E-state index contributed by atoms with van der Waals surface area (Å²) < 4.78 is 0. The summed E-state index contributed by atoms with van der Waals surface area (Å²) in [5.41, 5.74) is 7.86. The van der Waals surface area contributed by atoms with E-state index in [2.05, 4.69) is 33.1 Å². The summed E-state index contributed by atoms with van der Waals surface area (Å²) in [5, 5.41) is 1.18. The maximum atomic E-state index is 5.72. The van der Waals surface area contributed by atoms with Crippen molar-refractivity contribution < 1.29 is 0 Å². The Balaban J connectivity index is 1.65. The molecule has 4 nitrogen and oxygen atoms in total. The average molecular weight is 244 g/mol. The van der Waals surface area contributed by atoms with Crippen molar-refractivity contribution in [3.05, 3.63) is 30.1 Å². The van der Waals surface area contributed by atoms with Gasteiger partial charge in [-0.2, -0.15) is 0 Å². The minimum atomic E-state index is 0.722. The van der Waals surface area contributed by atoms with Crippen molar-refractivity contribution >= 4 is 11.0 Å². The first-order valence-electron chi connectivity index (χ1n) is 6.70. The number of piperidine rings is 1. The number of hydrogen-bond donors (Lipinski definition) is 2. The fourth-order valence-electron chi connectivity index (χ4n) is 2.67. The van der Waals surface area contributed by atoms with Gasteiger partial charge in [-0.3, -0.25) is 4.90 Å². The SMILES string of the molecule is NCC1CCN(Cc2ccc3cc[nH]c3n2)CC1. The van der Waals surface area contributed by atoms with Crippen LogP contribution in [0.1, 0.15) is 18.5 Å². The Hall–Kier alpha value is -1.39. The minimum Gasteiger partial charge on any atom is -0.346 e. The number of aromatic amines is 1. The number of H-pyrrole nitrogens is 1. The molecule has 4 heteroatoms. The molecule has 18 heavy (non-hydrogen) atoms. The lowest BCUT2D eigenvalue weighted by Crippen LogP contribution is -2.35. The first-order valence-corrected chi connectivity index (χ1v) is 6.70. The van der Waals surface area contributed by atoms with E-state index in [1.807, 2.05) is 6.20 Å². The van der Waals surface area contributed by atoms with Crippen LogP contribution in [0.2, 0.25) is 0 Å². The summed E-state index contributed by atoms with van der Waals surface area (Å²) in [6, 6.07) is 6.32. The number of nitrogens with two attached hydrogens (primary N) is 1. The molecule has 1 aliphatic rings. The van der Waals surface area contributed by atoms with E-state index in [9.17, 15) is 0 Å². The molecule has 1 saturated heterocycles. The van der Waals surface area contributed by atoms with Crippen LogP contribution in [0, 0.1) is 5.92 Å². The van der Waals surface area contributed by atoms with Crippen LogP contribution in [0.3, 0.4) is 0 Å². The molecule has 0 saturated carbocycles. The summed E-state index contributed by atoms with van der Waals surface area (Å²) in [7, 11) is 0. The van der Waals surface area contributed by atoms with Crippen molar-refractivity contribution in [2.24, 2.45) is 11.7 Å². The number of nitrogens with one attached hydrogen (secondary N) is 1. The van der Waals surface area contributed by atoms with Crippen LogP contribution in [0.5, 0.6) is 0 Å². The molecule has 3 N–H and O–H groups in total. The average Bonchev–Trinajstić information content (AvgIpc) is 2.87. The molecule has 1 fully saturated rings. The number of rotatable bonds is 3. The predicted molar refractivity (Wildman–Crippen MR) is 73.1 cm³/mol.